The van der Waals surface area contributed by atoms with E-state index >= 15 is 0 Å². The Kier molecular flexibility index (Phi) is 3.54. The highest BCUT2D eigenvalue weighted by molar-refractivity contribution is 5.76. The molecular weight excluding hydrogens is 218 g/mol. The van der Waals surface area contributed by atoms with E-state index in [1.807, 2.05) is 31.3 Å². The minimum absolute atomic E-state index is 0.0313. The Morgan fingerprint density at radius 2 is 2.35 bits per heavy atom. The summed E-state index contributed by atoms with van der Waals surface area (Å²) < 4.78 is 1.69. The minimum atomic E-state index is 0.0313. The van der Waals surface area contributed by atoms with Crippen LogP contribution >= 0.6 is 0 Å². The summed E-state index contributed by atoms with van der Waals surface area (Å²) in [7, 11) is 0. The molecular formula is C11H15N5O. The number of hydrogen-bond donors (Lipinski definition) is 2. The average Bonchev–Trinajstić information content (AvgIpc) is 2.71. The fraction of sp³-hybridized carbons (Fsp3) is 0.364. The Hall–Kier alpha value is -2.11. The number of carbonyl (C=O) groups excluding carboxylic acids is 1. The van der Waals surface area contributed by atoms with Crippen LogP contribution in [-0.4, -0.2) is 33.6 Å². The van der Waals surface area contributed by atoms with E-state index in [9.17, 15) is 4.79 Å². The molecule has 0 radical (unpaired) electrons. The molecule has 0 saturated heterocycles. The largest absolute Gasteiger partial charge is 0.356 e. The van der Waals surface area contributed by atoms with Gasteiger partial charge in [-0.05, 0) is 19.1 Å². The number of anilines is 1. The van der Waals surface area contributed by atoms with Gasteiger partial charge in [-0.1, -0.05) is 6.07 Å². The summed E-state index contributed by atoms with van der Waals surface area (Å²) in [5.74, 6) is 0.573. The molecule has 6 heteroatoms. The van der Waals surface area contributed by atoms with E-state index in [0.29, 0.717) is 25.5 Å². The van der Waals surface area contributed by atoms with E-state index in [-0.39, 0.29) is 5.91 Å². The number of amides is 1. The van der Waals surface area contributed by atoms with Crippen LogP contribution in [0, 0.1) is 0 Å². The summed E-state index contributed by atoms with van der Waals surface area (Å²) in [6.07, 6.45) is 2.25. The quantitative estimate of drug-likeness (QED) is 0.796. The average molecular weight is 233 g/mol. The van der Waals surface area contributed by atoms with Gasteiger partial charge in [0.1, 0.15) is 0 Å². The zero-order valence-electron chi connectivity index (χ0n) is 9.68. The van der Waals surface area contributed by atoms with Crippen LogP contribution in [0.25, 0.3) is 5.65 Å². The Morgan fingerprint density at radius 1 is 1.47 bits per heavy atom. The fourth-order valence-corrected chi connectivity index (χ4v) is 1.48. The second-order valence-electron chi connectivity index (χ2n) is 3.57. The third-order valence-electron chi connectivity index (χ3n) is 2.25. The topological polar surface area (TPSA) is 71.3 Å². The van der Waals surface area contributed by atoms with Gasteiger partial charge in [-0.3, -0.25) is 4.79 Å². The highest BCUT2D eigenvalue weighted by Gasteiger charge is 2.03. The van der Waals surface area contributed by atoms with Crippen LogP contribution in [0.1, 0.15) is 13.3 Å². The molecule has 2 aromatic heterocycles. The first-order valence-corrected chi connectivity index (χ1v) is 5.61. The first kappa shape index (κ1) is 11.4. The molecule has 2 heterocycles. The molecule has 0 aliphatic heterocycles. The zero-order chi connectivity index (χ0) is 12.1. The van der Waals surface area contributed by atoms with Crippen LogP contribution in [0.5, 0.6) is 0 Å². The molecule has 2 N–H and O–H groups in total. The molecule has 0 spiro atoms. The van der Waals surface area contributed by atoms with E-state index < -0.39 is 0 Å². The number of carbonyl (C=O) groups is 1. The van der Waals surface area contributed by atoms with Gasteiger partial charge in [0.2, 0.25) is 11.9 Å². The van der Waals surface area contributed by atoms with Crippen molar-refractivity contribution >= 4 is 17.5 Å². The SMILES string of the molecule is CCNC(=O)CCNc1nc2ccccn2n1. The van der Waals surface area contributed by atoms with E-state index in [1.54, 1.807) is 4.52 Å². The maximum atomic E-state index is 11.2. The zero-order valence-corrected chi connectivity index (χ0v) is 9.68. The molecule has 0 aliphatic carbocycles. The summed E-state index contributed by atoms with van der Waals surface area (Å²) >= 11 is 0. The lowest BCUT2D eigenvalue weighted by atomic mass is 10.4. The molecule has 2 aromatic rings. The van der Waals surface area contributed by atoms with Crippen LogP contribution in [0.4, 0.5) is 5.95 Å². The number of nitrogens with zero attached hydrogens (tertiary/aromatic N) is 3. The first-order chi connectivity index (χ1) is 8.29. The normalized spacial score (nSPS) is 10.4. The molecule has 17 heavy (non-hydrogen) atoms. The lowest BCUT2D eigenvalue weighted by molar-refractivity contribution is -0.120. The molecule has 0 bridgehead atoms. The number of nitrogens with one attached hydrogen (secondary N) is 2. The Balaban J connectivity index is 1.89. The third kappa shape index (κ3) is 2.93. The van der Waals surface area contributed by atoms with Gasteiger partial charge >= 0.3 is 0 Å². The van der Waals surface area contributed by atoms with Crippen LogP contribution in [0.15, 0.2) is 24.4 Å². The number of aromatic nitrogens is 3. The lowest BCUT2D eigenvalue weighted by Gasteiger charge is -2.01. The summed E-state index contributed by atoms with van der Waals surface area (Å²) in [6.45, 7) is 3.09. The fourth-order valence-electron chi connectivity index (χ4n) is 1.48. The highest BCUT2D eigenvalue weighted by atomic mass is 16.1. The third-order valence-corrected chi connectivity index (χ3v) is 2.25. The summed E-state index contributed by atoms with van der Waals surface area (Å²) in [4.78, 5) is 15.5. The van der Waals surface area contributed by atoms with Crippen LogP contribution in [0.3, 0.4) is 0 Å². The maximum Gasteiger partial charge on any atom is 0.243 e. The van der Waals surface area contributed by atoms with Gasteiger partial charge < -0.3 is 10.6 Å². The molecule has 2 rings (SSSR count). The lowest BCUT2D eigenvalue weighted by Crippen LogP contribution is -2.24. The second kappa shape index (κ2) is 5.29. The standard InChI is InChI=1S/C11H15N5O/c1-2-12-10(17)6-7-13-11-14-9-5-3-4-8-16(9)15-11/h3-5,8H,2,6-7H2,1H3,(H,12,17)(H,13,15). The van der Waals surface area contributed by atoms with Crippen LogP contribution < -0.4 is 10.6 Å². The highest BCUT2D eigenvalue weighted by Crippen LogP contribution is 2.03. The molecule has 1 amide bonds. The van der Waals surface area contributed by atoms with Crippen molar-refractivity contribution in [2.45, 2.75) is 13.3 Å². The summed E-state index contributed by atoms with van der Waals surface area (Å²) in [5, 5.41) is 9.97. The maximum absolute atomic E-state index is 11.2. The monoisotopic (exact) mass is 233 g/mol. The van der Waals surface area contributed by atoms with Crippen molar-refractivity contribution in [2.24, 2.45) is 0 Å². The number of fused-ring (bicyclic) bond motifs is 1. The number of rotatable bonds is 5. The summed E-state index contributed by atoms with van der Waals surface area (Å²) in [6, 6.07) is 5.67. The van der Waals surface area contributed by atoms with E-state index in [1.165, 1.54) is 0 Å². The minimum Gasteiger partial charge on any atom is -0.356 e. The van der Waals surface area contributed by atoms with Gasteiger partial charge in [-0.15, -0.1) is 5.10 Å². The predicted molar refractivity (Wildman–Crippen MR) is 64.8 cm³/mol. The van der Waals surface area contributed by atoms with Crippen molar-refractivity contribution in [3.05, 3.63) is 24.4 Å². The van der Waals surface area contributed by atoms with Gasteiger partial charge in [0.05, 0.1) is 0 Å². The van der Waals surface area contributed by atoms with Crippen molar-refractivity contribution in [1.82, 2.24) is 19.9 Å². The molecule has 0 aliphatic rings. The molecule has 0 atom stereocenters. The summed E-state index contributed by atoms with van der Waals surface area (Å²) in [5.41, 5.74) is 0.785. The van der Waals surface area contributed by atoms with Gasteiger partial charge in [0, 0.05) is 25.7 Å². The molecule has 0 fully saturated rings. The van der Waals surface area contributed by atoms with E-state index in [0.717, 1.165) is 5.65 Å². The molecule has 0 unspecified atom stereocenters. The Labute approximate surface area is 99.0 Å². The molecule has 90 valence electrons. The molecule has 0 aromatic carbocycles. The van der Waals surface area contributed by atoms with Gasteiger partial charge in [0.25, 0.3) is 0 Å². The van der Waals surface area contributed by atoms with Gasteiger partial charge in [0.15, 0.2) is 5.65 Å². The smallest absolute Gasteiger partial charge is 0.243 e. The van der Waals surface area contributed by atoms with Crippen molar-refractivity contribution in [2.75, 3.05) is 18.4 Å². The van der Waals surface area contributed by atoms with Crippen molar-refractivity contribution in [3.8, 4) is 0 Å². The van der Waals surface area contributed by atoms with Crippen molar-refractivity contribution < 1.29 is 4.79 Å². The van der Waals surface area contributed by atoms with Crippen LogP contribution in [0.2, 0.25) is 0 Å². The van der Waals surface area contributed by atoms with Crippen molar-refractivity contribution in [3.63, 3.8) is 0 Å². The van der Waals surface area contributed by atoms with Crippen LogP contribution in [-0.2, 0) is 4.79 Å². The Bertz CT molecular complexity index is 474. The number of hydrogen-bond acceptors (Lipinski definition) is 4. The number of pyridine rings is 1. The van der Waals surface area contributed by atoms with Gasteiger partial charge in [-0.2, -0.15) is 4.98 Å². The van der Waals surface area contributed by atoms with Gasteiger partial charge in [-0.25, -0.2) is 4.52 Å². The second-order valence-corrected chi connectivity index (χ2v) is 3.57. The van der Waals surface area contributed by atoms with Crippen molar-refractivity contribution in [1.29, 1.82) is 0 Å². The molecule has 6 nitrogen and oxygen atoms in total. The van der Waals surface area contributed by atoms with E-state index in [4.69, 9.17) is 0 Å². The van der Waals surface area contributed by atoms with E-state index in [2.05, 4.69) is 20.7 Å². The molecule has 0 saturated carbocycles. The predicted octanol–water partition coefficient (Wildman–Crippen LogP) is 0.667. The Morgan fingerprint density at radius 3 is 3.12 bits per heavy atom. The first-order valence-electron chi connectivity index (χ1n) is 5.61.